The van der Waals surface area contributed by atoms with Crippen molar-refractivity contribution in [3.05, 3.63) is 65.2 Å². The summed E-state index contributed by atoms with van der Waals surface area (Å²) in [4.78, 5) is 8.21. The van der Waals surface area contributed by atoms with Crippen molar-refractivity contribution >= 4 is 18.2 Å². The van der Waals surface area contributed by atoms with E-state index in [9.17, 15) is 0 Å². The molecule has 3 N–H and O–H groups in total. The highest BCUT2D eigenvalue weighted by Crippen LogP contribution is 2.10. The van der Waals surface area contributed by atoms with Gasteiger partial charge in [0.25, 0.3) is 0 Å². The van der Waals surface area contributed by atoms with Crippen LogP contribution in [0.15, 0.2) is 42.7 Å². The molecule has 0 fully saturated rings. The Balaban J connectivity index is 0.000000252. The van der Waals surface area contributed by atoms with E-state index in [0.29, 0.717) is 5.82 Å². The average Bonchev–Trinajstić information content (AvgIpc) is 2.86. The highest BCUT2D eigenvalue weighted by molar-refractivity contribution is 5.85. The van der Waals surface area contributed by atoms with Gasteiger partial charge in [0, 0.05) is 18.1 Å². The summed E-state index contributed by atoms with van der Waals surface area (Å²) in [5, 5.41) is 4.38. The molecule has 0 radical (unpaired) electrons. The number of nitrogen functional groups attached to an aromatic ring is 1. The maximum absolute atomic E-state index is 5.11. The number of pyridine rings is 2. The largest absolute Gasteiger partial charge is 0.308 e. The first-order valence-corrected chi connectivity index (χ1v) is 7.35. The minimum atomic E-state index is 0. The summed E-state index contributed by atoms with van der Waals surface area (Å²) < 4.78 is 1.86. The zero-order chi connectivity index (χ0) is 16.8. The molecule has 24 heavy (non-hydrogen) atoms. The maximum atomic E-state index is 5.11. The lowest BCUT2D eigenvalue weighted by molar-refractivity contribution is 0.805. The van der Waals surface area contributed by atoms with E-state index >= 15 is 0 Å². The van der Waals surface area contributed by atoms with Gasteiger partial charge in [-0.1, -0.05) is 0 Å². The molecule has 0 aliphatic carbocycles. The molecule has 6 nitrogen and oxygen atoms in total. The van der Waals surface area contributed by atoms with E-state index < -0.39 is 0 Å². The van der Waals surface area contributed by atoms with E-state index in [1.807, 2.05) is 55.8 Å². The van der Waals surface area contributed by atoms with Crippen molar-refractivity contribution in [3.8, 4) is 5.82 Å². The highest BCUT2D eigenvalue weighted by atomic mass is 35.5. The van der Waals surface area contributed by atoms with E-state index in [-0.39, 0.29) is 12.4 Å². The van der Waals surface area contributed by atoms with E-state index in [2.05, 4.69) is 27.4 Å². The molecule has 0 unspecified atom stereocenters. The molecular formula is C17H23ClN6. The maximum Gasteiger partial charge on any atom is 0.153 e. The van der Waals surface area contributed by atoms with Crippen molar-refractivity contribution in [2.45, 2.75) is 27.7 Å². The molecule has 0 bridgehead atoms. The van der Waals surface area contributed by atoms with Gasteiger partial charge >= 0.3 is 0 Å². The first-order chi connectivity index (χ1) is 11.0. The van der Waals surface area contributed by atoms with Crippen molar-refractivity contribution in [1.29, 1.82) is 0 Å². The third-order valence-electron chi connectivity index (χ3n) is 3.19. The third-order valence-corrected chi connectivity index (χ3v) is 3.19. The van der Waals surface area contributed by atoms with E-state index in [0.717, 1.165) is 22.8 Å². The summed E-state index contributed by atoms with van der Waals surface area (Å²) in [6.45, 7) is 8.06. The molecular weight excluding hydrogens is 324 g/mol. The molecule has 3 aromatic rings. The van der Waals surface area contributed by atoms with Gasteiger partial charge in [-0.25, -0.2) is 20.5 Å². The number of nitrogens with zero attached hydrogens (tertiary/aromatic N) is 4. The first-order valence-electron chi connectivity index (χ1n) is 7.35. The van der Waals surface area contributed by atoms with Crippen LogP contribution in [0.3, 0.4) is 0 Å². The summed E-state index contributed by atoms with van der Waals surface area (Å²) in [5.41, 5.74) is 6.94. The van der Waals surface area contributed by atoms with Crippen LogP contribution in [0.4, 0.5) is 5.82 Å². The van der Waals surface area contributed by atoms with Gasteiger partial charge in [-0.05, 0) is 69.2 Å². The minimum Gasteiger partial charge on any atom is -0.308 e. The number of hydrogen-bond donors (Lipinski definition) is 2. The van der Waals surface area contributed by atoms with Crippen LogP contribution in [-0.2, 0) is 0 Å². The Hall–Kier alpha value is -2.44. The molecule has 0 aromatic carbocycles. The Labute approximate surface area is 148 Å². The van der Waals surface area contributed by atoms with Gasteiger partial charge < -0.3 is 5.43 Å². The molecule has 0 aliphatic rings. The SMILES string of the molecule is Cc1ccnc(-n2nc(C)cc2C)c1.Cc1ccnc(NN)c1.Cl. The lowest BCUT2D eigenvalue weighted by Crippen LogP contribution is -2.07. The smallest absolute Gasteiger partial charge is 0.153 e. The summed E-state index contributed by atoms with van der Waals surface area (Å²) in [7, 11) is 0. The molecule has 3 heterocycles. The topological polar surface area (TPSA) is 81.7 Å². The molecule has 0 aliphatic heterocycles. The van der Waals surface area contributed by atoms with Gasteiger partial charge in [0.05, 0.1) is 5.69 Å². The predicted octanol–water partition coefficient (Wildman–Crippen LogP) is 3.29. The number of aryl methyl sites for hydroxylation is 4. The predicted molar refractivity (Wildman–Crippen MR) is 99.6 cm³/mol. The molecule has 128 valence electrons. The number of halogens is 1. The van der Waals surface area contributed by atoms with Crippen LogP contribution in [0, 0.1) is 27.7 Å². The van der Waals surface area contributed by atoms with Gasteiger partial charge in [-0.15, -0.1) is 12.4 Å². The van der Waals surface area contributed by atoms with Gasteiger partial charge in [-0.3, -0.25) is 0 Å². The van der Waals surface area contributed by atoms with Crippen LogP contribution in [-0.4, -0.2) is 19.7 Å². The van der Waals surface area contributed by atoms with Crippen molar-refractivity contribution in [3.63, 3.8) is 0 Å². The molecule has 0 saturated heterocycles. The number of nitrogens with one attached hydrogen (secondary N) is 1. The second kappa shape index (κ2) is 9.00. The van der Waals surface area contributed by atoms with Crippen LogP contribution in [0.25, 0.3) is 5.82 Å². The Kier molecular flexibility index (Phi) is 7.35. The number of hydrogen-bond acceptors (Lipinski definition) is 5. The molecule has 0 amide bonds. The van der Waals surface area contributed by atoms with Crippen molar-refractivity contribution in [2.75, 3.05) is 5.43 Å². The van der Waals surface area contributed by atoms with Crippen LogP contribution >= 0.6 is 12.4 Å². The fourth-order valence-corrected chi connectivity index (χ4v) is 2.11. The zero-order valence-electron chi connectivity index (χ0n) is 14.3. The quantitative estimate of drug-likeness (QED) is 0.549. The minimum absolute atomic E-state index is 0. The second-order valence-corrected chi connectivity index (χ2v) is 5.39. The summed E-state index contributed by atoms with van der Waals surface area (Å²) in [6, 6.07) is 9.85. The summed E-state index contributed by atoms with van der Waals surface area (Å²) in [6.07, 6.45) is 3.52. The van der Waals surface area contributed by atoms with Crippen molar-refractivity contribution < 1.29 is 0 Å². The molecule has 3 aromatic heterocycles. The van der Waals surface area contributed by atoms with E-state index in [1.54, 1.807) is 12.4 Å². The van der Waals surface area contributed by atoms with E-state index in [4.69, 9.17) is 5.84 Å². The lowest BCUT2D eigenvalue weighted by atomic mass is 10.3. The average molecular weight is 347 g/mol. The molecule has 3 rings (SSSR count). The molecule has 0 spiro atoms. The zero-order valence-corrected chi connectivity index (χ0v) is 15.1. The highest BCUT2D eigenvalue weighted by Gasteiger charge is 2.03. The monoisotopic (exact) mass is 346 g/mol. The second-order valence-electron chi connectivity index (χ2n) is 5.39. The Morgan fingerprint density at radius 2 is 1.54 bits per heavy atom. The van der Waals surface area contributed by atoms with Gasteiger partial charge in [-0.2, -0.15) is 5.10 Å². The fourth-order valence-electron chi connectivity index (χ4n) is 2.11. The van der Waals surface area contributed by atoms with Crippen LogP contribution in [0.5, 0.6) is 0 Å². The number of hydrazine groups is 1. The number of nitrogens with two attached hydrogens (primary N) is 1. The summed E-state index contributed by atoms with van der Waals surface area (Å²) in [5.74, 6) is 6.69. The number of aromatic nitrogens is 4. The Morgan fingerprint density at radius 1 is 0.917 bits per heavy atom. The van der Waals surface area contributed by atoms with E-state index in [1.165, 1.54) is 5.56 Å². The molecule has 0 saturated carbocycles. The van der Waals surface area contributed by atoms with Gasteiger partial charge in [0.2, 0.25) is 0 Å². The molecule has 7 heteroatoms. The normalized spacial score (nSPS) is 9.54. The van der Waals surface area contributed by atoms with Crippen LogP contribution in [0.1, 0.15) is 22.5 Å². The standard InChI is InChI=1S/C11H13N3.C6H9N3.ClH/c1-8-4-5-12-11(6-8)14-10(3)7-9(2)13-14;1-5-2-3-8-6(4-5)9-7;/h4-7H,1-3H3;2-4H,7H2,1H3,(H,8,9);1H. The Bertz CT molecular complexity index is 784. The van der Waals surface area contributed by atoms with Gasteiger partial charge in [0.15, 0.2) is 5.82 Å². The van der Waals surface area contributed by atoms with Crippen LogP contribution in [0.2, 0.25) is 0 Å². The first kappa shape index (κ1) is 19.6. The number of anilines is 1. The number of rotatable bonds is 2. The van der Waals surface area contributed by atoms with Crippen molar-refractivity contribution in [2.24, 2.45) is 5.84 Å². The third kappa shape index (κ3) is 5.33. The summed E-state index contributed by atoms with van der Waals surface area (Å²) >= 11 is 0. The Morgan fingerprint density at radius 3 is 2.00 bits per heavy atom. The van der Waals surface area contributed by atoms with Crippen molar-refractivity contribution in [1.82, 2.24) is 19.7 Å². The fraction of sp³-hybridized carbons (Fsp3) is 0.235. The lowest BCUT2D eigenvalue weighted by Gasteiger charge is -2.03. The molecule has 0 atom stereocenters. The van der Waals surface area contributed by atoms with Crippen LogP contribution < -0.4 is 11.3 Å². The van der Waals surface area contributed by atoms with Gasteiger partial charge in [0.1, 0.15) is 5.82 Å².